The van der Waals surface area contributed by atoms with Gasteiger partial charge in [0, 0.05) is 11.8 Å². The van der Waals surface area contributed by atoms with E-state index in [1.54, 1.807) is 6.20 Å². The summed E-state index contributed by atoms with van der Waals surface area (Å²) in [6.07, 6.45) is -2.94. The predicted octanol–water partition coefficient (Wildman–Crippen LogP) is 3.08. The van der Waals surface area contributed by atoms with Crippen LogP contribution in [0.2, 0.25) is 0 Å². The molecule has 0 aliphatic carbocycles. The van der Waals surface area contributed by atoms with Crippen molar-refractivity contribution < 1.29 is 29.8 Å². The number of phosphoric acid groups is 1. The first kappa shape index (κ1) is 25.3. The van der Waals surface area contributed by atoms with Crippen LogP contribution in [0.25, 0.3) is 39.6 Å². The molecule has 2 aliphatic heterocycles. The summed E-state index contributed by atoms with van der Waals surface area (Å²) in [6.45, 7) is 3.87. The SMILES string of the molecule is CC(C)c1ccc(-c2nc3c(=O)n4cc(-c5ccccc5)[nH]c4nc3n2[C@@H]2OC3COP(=O)([O-])O[C@H]3C2O)cc1.[H+]. The van der Waals surface area contributed by atoms with Gasteiger partial charge < -0.3 is 28.8 Å². The van der Waals surface area contributed by atoms with Crippen molar-refractivity contribution in [1.82, 2.24) is 23.9 Å². The summed E-state index contributed by atoms with van der Waals surface area (Å²) >= 11 is 0. The van der Waals surface area contributed by atoms with E-state index in [0.29, 0.717) is 23.0 Å². The highest BCUT2D eigenvalue weighted by molar-refractivity contribution is 7.45. The van der Waals surface area contributed by atoms with Crippen molar-refractivity contribution >= 4 is 24.8 Å². The summed E-state index contributed by atoms with van der Waals surface area (Å²) in [5.74, 6) is 0.912. The molecular formula is C27H26N5O7P. The number of nitrogens with one attached hydrogen (secondary N) is 1. The molecule has 3 unspecified atom stereocenters. The summed E-state index contributed by atoms with van der Waals surface area (Å²) in [6, 6.07) is 17.2. The fourth-order valence-electron chi connectivity index (χ4n) is 5.30. The Hall–Kier alpha value is -3.64. The number of rotatable bonds is 4. The summed E-state index contributed by atoms with van der Waals surface area (Å²) in [4.78, 5) is 38.3. The molecule has 0 amide bonds. The average Bonchev–Trinajstić information content (AvgIpc) is 3.63. The molecule has 2 saturated heterocycles. The molecule has 3 aromatic heterocycles. The lowest BCUT2D eigenvalue weighted by Gasteiger charge is -2.34. The van der Waals surface area contributed by atoms with Gasteiger partial charge in [0.25, 0.3) is 13.4 Å². The number of hydrogen-bond acceptors (Lipinski definition) is 9. The average molecular weight is 564 g/mol. The van der Waals surface area contributed by atoms with Gasteiger partial charge >= 0.3 is 1.43 Å². The molecular weight excluding hydrogens is 537 g/mol. The van der Waals surface area contributed by atoms with Crippen LogP contribution >= 0.6 is 7.82 Å². The van der Waals surface area contributed by atoms with Gasteiger partial charge in [-0.2, -0.15) is 4.98 Å². The Balaban J connectivity index is 0.00000302. The van der Waals surface area contributed by atoms with E-state index >= 15 is 0 Å². The predicted molar refractivity (Wildman–Crippen MR) is 144 cm³/mol. The van der Waals surface area contributed by atoms with Crippen LogP contribution in [-0.4, -0.2) is 53.9 Å². The zero-order valence-corrected chi connectivity index (χ0v) is 22.4. The minimum absolute atomic E-state index is 0. The highest BCUT2D eigenvalue weighted by atomic mass is 31.2. The highest BCUT2D eigenvalue weighted by Gasteiger charge is 2.51. The number of imidazole rings is 2. The van der Waals surface area contributed by atoms with Crippen LogP contribution < -0.4 is 10.5 Å². The van der Waals surface area contributed by atoms with Gasteiger partial charge in [0.05, 0.1) is 12.3 Å². The smallest absolute Gasteiger partial charge is 0.756 e. The molecule has 13 heteroatoms. The van der Waals surface area contributed by atoms with Crippen LogP contribution in [0.1, 0.15) is 33.0 Å². The molecule has 2 N–H and O–H groups in total. The number of aromatic nitrogens is 5. The van der Waals surface area contributed by atoms with Crippen molar-refractivity contribution in [2.45, 2.75) is 44.3 Å². The Labute approximate surface area is 228 Å². The van der Waals surface area contributed by atoms with E-state index in [1.165, 1.54) is 8.97 Å². The molecule has 2 aromatic carbocycles. The van der Waals surface area contributed by atoms with Gasteiger partial charge in [-0.3, -0.25) is 13.9 Å². The van der Waals surface area contributed by atoms with Crippen LogP contribution in [-0.2, 0) is 18.3 Å². The van der Waals surface area contributed by atoms with E-state index in [1.807, 2.05) is 54.6 Å². The van der Waals surface area contributed by atoms with Gasteiger partial charge in [0.1, 0.15) is 24.1 Å². The summed E-state index contributed by atoms with van der Waals surface area (Å²) in [5, 5.41) is 11.2. The van der Waals surface area contributed by atoms with Crippen LogP contribution in [0.5, 0.6) is 0 Å². The molecule has 2 fully saturated rings. The Kier molecular flexibility index (Phi) is 5.83. The Morgan fingerprint density at radius 2 is 1.88 bits per heavy atom. The number of phosphoric ester groups is 1. The maximum Gasteiger partial charge on any atom is 1.00 e. The second kappa shape index (κ2) is 9.20. The van der Waals surface area contributed by atoms with Gasteiger partial charge in [0.15, 0.2) is 17.4 Å². The largest absolute Gasteiger partial charge is 1.00 e. The van der Waals surface area contributed by atoms with Crippen molar-refractivity contribution in [2.24, 2.45) is 0 Å². The first-order valence-corrected chi connectivity index (χ1v) is 14.3. The second-order valence-electron chi connectivity index (χ2n) is 10.3. The number of aliphatic hydroxyl groups is 1. The summed E-state index contributed by atoms with van der Waals surface area (Å²) in [5.41, 5.74) is 3.17. The number of H-pyrrole nitrogens is 1. The second-order valence-corrected chi connectivity index (χ2v) is 11.6. The highest BCUT2D eigenvalue weighted by Crippen LogP contribution is 2.50. The van der Waals surface area contributed by atoms with E-state index in [-0.39, 0.29) is 25.0 Å². The van der Waals surface area contributed by atoms with Gasteiger partial charge in [-0.15, -0.1) is 0 Å². The van der Waals surface area contributed by atoms with Crippen LogP contribution in [0.15, 0.2) is 65.6 Å². The molecule has 0 radical (unpaired) electrons. The molecule has 0 bridgehead atoms. The number of aromatic amines is 1. The molecule has 0 saturated carbocycles. The third kappa shape index (κ3) is 4.03. The van der Waals surface area contributed by atoms with E-state index in [0.717, 1.165) is 11.1 Å². The number of fused-ring (bicyclic) bond motifs is 3. The molecule has 12 nitrogen and oxygen atoms in total. The maximum absolute atomic E-state index is 13.7. The van der Waals surface area contributed by atoms with Crippen molar-refractivity contribution in [3.8, 4) is 22.6 Å². The van der Waals surface area contributed by atoms with Gasteiger partial charge in [-0.25, -0.2) is 9.38 Å². The molecule has 5 aromatic rings. The van der Waals surface area contributed by atoms with Gasteiger partial charge in [0.2, 0.25) is 5.78 Å². The molecule has 7 rings (SSSR count). The van der Waals surface area contributed by atoms with Gasteiger partial charge in [-0.1, -0.05) is 68.4 Å². The first-order chi connectivity index (χ1) is 19.2. The maximum atomic E-state index is 13.7. The summed E-state index contributed by atoms with van der Waals surface area (Å²) < 4.78 is 30.8. The Bertz CT molecular complexity index is 1850. The van der Waals surface area contributed by atoms with Crippen LogP contribution in [0, 0.1) is 0 Å². The first-order valence-electron chi connectivity index (χ1n) is 12.9. The van der Waals surface area contributed by atoms with E-state index in [9.17, 15) is 19.4 Å². The van der Waals surface area contributed by atoms with Crippen molar-refractivity contribution in [3.63, 3.8) is 0 Å². The van der Waals surface area contributed by atoms with Gasteiger partial charge in [-0.05, 0) is 17.0 Å². The molecule has 206 valence electrons. The normalized spacial score (nSPS) is 26.6. The number of benzene rings is 2. The van der Waals surface area contributed by atoms with Crippen molar-refractivity contribution in [3.05, 3.63) is 76.7 Å². The quantitative estimate of drug-likeness (QED) is 0.314. The third-order valence-electron chi connectivity index (χ3n) is 7.38. The van der Waals surface area contributed by atoms with E-state index in [2.05, 4.69) is 23.8 Å². The van der Waals surface area contributed by atoms with E-state index in [4.69, 9.17) is 18.8 Å². The van der Waals surface area contributed by atoms with Crippen LogP contribution in [0.3, 0.4) is 0 Å². The minimum atomic E-state index is -4.59. The number of hydrogen-bond donors (Lipinski definition) is 2. The Morgan fingerprint density at radius 1 is 1.12 bits per heavy atom. The molecule has 5 heterocycles. The fraction of sp³-hybridized carbons (Fsp3) is 0.296. The number of ether oxygens (including phenoxy) is 1. The zero-order chi connectivity index (χ0) is 27.8. The van der Waals surface area contributed by atoms with Crippen molar-refractivity contribution in [1.29, 1.82) is 0 Å². The standard InChI is InChI=1S/C27H26N5O7P/c1-14(2)15-8-10-17(11-9-15)23-29-20-24(32(23)26-21(33)22-19(38-26)13-37-40(35,36)39-22)30-27-28-18(12-31(27)25(20)34)16-6-4-3-5-7-16/h3-12,14,19,21-22,26,33H,13H2,1-2H3,(H,28,30)(H,35,36)/t19?,21?,22-,26-/m1/s1. The zero-order valence-electron chi connectivity index (χ0n) is 22.5. The minimum Gasteiger partial charge on any atom is -0.756 e. The fourth-order valence-corrected chi connectivity index (χ4v) is 6.25. The summed E-state index contributed by atoms with van der Waals surface area (Å²) in [7, 11) is -4.59. The van der Waals surface area contributed by atoms with Crippen LogP contribution in [0.4, 0.5) is 0 Å². The molecule has 5 atom stereocenters. The molecule has 40 heavy (non-hydrogen) atoms. The topological polar surface area (TPSA) is 156 Å². The number of nitrogens with zero attached hydrogens (tertiary/aromatic N) is 4. The van der Waals surface area contributed by atoms with Crippen molar-refractivity contribution in [2.75, 3.05) is 6.61 Å². The monoisotopic (exact) mass is 563 g/mol. The van der Waals surface area contributed by atoms with E-state index < -0.39 is 37.9 Å². The molecule has 2 aliphatic rings. The lowest BCUT2D eigenvalue weighted by Crippen LogP contribution is -2.41. The third-order valence-corrected chi connectivity index (χ3v) is 8.35. The lowest BCUT2D eigenvalue weighted by molar-refractivity contribution is -0.245. The Morgan fingerprint density at radius 3 is 2.60 bits per heavy atom. The lowest BCUT2D eigenvalue weighted by atomic mass is 10.0. The molecule has 0 spiro atoms. The number of aliphatic hydroxyl groups excluding tert-OH is 1.